The van der Waals surface area contributed by atoms with Crippen LogP contribution in [-0.4, -0.2) is 50.3 Å². The second-order valence-electron chi connectivity index (χ2n) is 3.45. The van der Waals surface area contributed by atoms with Gasteiger partial charge in [-0.15, -0.1) is 11.3 Å². The van der Waals surface area contributed by atoms with Gasteiger partial charge in [-0.2, -0.15) is 0 Å². The SMILES string of the molecule is COC(=O)c1cc(S(=O)(=O)NC[C@H](O)C(=O)O)c(Br)s1. The molecule has 20 heavy (non-hydrogen) atoms. The van der Waals surface area contributed by atoms with Crippen LogP contribution in [0.4, 0.5) is 0 Å². The zero-order chi connectivity index (χ0) is 15.5. The van der Waals surface area contributed by atoms with Gasteiger partial charge in [-0.05, 0) is 22.0 Å². The summed E-state index contributed by atoms with van der Waals surface area (Å²) in [5.74, 6) is -2.24. The van der Waals surface area contributed by atoms with Gasteiger partial charge >= 0.3 is 11.9 Å². The molecule has 0 unspecified atom stereocenters. The van der Waals surface area contributed by atoms with Crippen molar-refractivity contribution in [2.24, 2.45) is 0 Å². The summed E-state index contributed by atoms with van der Waals surface area (Å²) in [4.78, 5) is 21.5. The van der Waals surface area contributed by atoms with Gasteiger partial charge in [0.2, 0.25) is 10.0 Å². The second-order valence-corrected chi connectivity index (χ2v) is 7.55. The van der Waals surface area contributed by atoms with Gasteiger partial charge in [-0.25, -0.2) is 22.7 Å². The number of hydrogen-bond donors (Lipinski definition) is 3. The number of nitrogens with one attached hydrogen (secondary N) is 1. The summed E-state index contributed by atoms with van der Waals surface area (Å²) in [6, 6.07) is 1.09. The van der Waals surface area contributed by atoms with Crippen LogP contribution in [0.2, 0.25) is 0 Å². The highest BCUT2D eigenvalue weighted by Crippen LogP contribution is 2.31. The number of hydrogen-bond acceptors (Lipinski definition) is 7. The predicted molar refractivity (Wildman–Crippen MR) is 72.2 cm³/mol. The third-order valence-corrected chi connectivity index (χ3v) is 5.74. The summed E-state index contributed by atoms with van der Waals surface area (Å²) >= 11 is 3.86. The van der Waals surface area contributed by atoms with Crippen LogP contribution in [0, 0.1) is 0 Å². The Labute approximate surface area is 126 Å². The molecule has 0 saturated carbocycles. The summed E-state index contributed by atoms with van der Waals surface area (Å²) in [5, 5.41) is 17.5. The number of aliphatic hydroxyl groups excluding tert-OH is 1. The van der Waals surface area contributed by atoms with Crippen molar-refractivity contribution in [3.63, 3.8) is 0 Å². The Morgan fingerprint density at radius 3 is 2.65 bits per heavy atom. The van der Waals surface area contributed by atoms with Gasteiger partial charge in [-0.1, -0.05) is 0 Å². The molecule has 0 aliphatic rings. The molecule has 112 valence electrons. The number of methoxy groups -OCH3 is 1. The molecule has 0 radical (unpaired) electrons. The maximum Gasteiger partial charge on any atom is 0.348 e. The third-order valence-electron chi connectivity index (χ3n) is 2.08. The number of halogens is 1. The highest BCUT2D eigenvalue weighted by molar-refractivity contribution is 9.11. The van der Waals surface area contributed by atoms with E-state index in [1.165, 1.54) is 0 Å². The topological polar surface area (TPSA) is 130 Å². The number of carbonyl (C=O) groups excluding carboxylic acids is 1. The van der Waals surface area contributed by atoms with Crippen LogP contribution in [-0.2, 0) is 19.6 Å². The fourth-order valence-corrected chi connectivity index (χ4v) is 4.61. The molecule has 0 saturated heterocycles. The van der Waals surface area contributed by atoms with Crippen molar-refractivity contribution in [1.82, 2.24) is 4.72 Å². The number of aliphatic hydroxyl groups is 1. The fourth-order valence-electron chi connectivity index (χ4n) is 1.09. The van der Waals surface area contributed by atoms with Crippen LogP contribution in [0.3, 0.4) is 0 Å². The van der Waals surface area contributed by atoms with E-state index in [0.29, 0.717) is 0 Å². The van der Waals surface area contributed by atoms with E-state index in [2.05, 4.69) is 20.7 Å². The van der Waals surface area contributed by atoms with Gasteiger partial charge in [0, 0.05) is 6.54 Å². The minimum atomic E-state index is -4.06. The lowest BCUT2D eigenvalue weighted by Gasteiger charge is -2.07. The molecule has 1 aromatic rings. The third kappa shape index (κ3) is 3.99. The molecule has 1 heterocycles. The normalized spacial score (nSPS) is 12.9. The van der Waals surface area contributed by atoms with E-state index >= 15 is 0 Å². The second kappa shape index (κ2) is 6.63. The van der Waals surface area contributed by atoms with Crippen molar-refractivity contribution in [2.45, 2.75) is 11.0 Å². The number of carboxylic acids is 1. The van der Waals surface area contributed by atoms with E-state index in [0.717, 1.165) is 24.5 Å². The zero-order valence-corrected chi connectivity index (χ0v) is 13.2. The van der Waals surface area contributed by atoms with Crippen molar-refractivity contribution in [2.75, 3.05) is 13.7 Å². The molecular formula is C9H10BrNO7S2. The Kier molecular flexibility index (Phi) is 5.65. The molecule has 1 aromatic heterocycles. The highest BCUT2D eigenvalue weighted by Gasteiger charge is 2.25. The van der Waals surface area contributed by atoms with Gasteiger partial charge in [0.25, 0.3) is 0 Å². The number of ether oxygens (including phenoxy) is 1. The predicted octanol–water partition coefficient (Wildman–Crippen LogP) is 0.0210. The van der Waals surface area contributed by atoms with Crippen molar-refractivity contribution in [3.05, 3.63) is 14.7 Å². The van der Waals surface area contributed by atoms with Crippen LogP contribution in [0.15, 0.2) is 14.7 Å². The average molecular weight is 388 g/mol. The molecule has 0 fully saturated rings. The molecule has 1 atom stereocenters. The summed E-state index contributed by atoms with van der Waals surface area (Å²) in [7, 11) is -2.90. The van der Waals surface area contributed by atoms with Crippen molar-refractivity contribution < 1.29 is 33.0 Å². The molecular weight excluding hydrogens is 378 g/mol. The zero-order valence-electron chi connectivity index (χ0n) is 9.99. The number of sulfonamides is 1. The minimum absolute atomic E-state index is 0.0681. The summed E-state index contributed by atoms with van der Waals surface area (Å²) < 4.78 is 30.4. The van der Waals surface area contributed by atoms with Crippen LogP contribution in [0.1, 0.15) is 9.67 Å². The lowest BCUT2D eigenvalue weighted by atomic mass is 10.4. The van der Waals surface area contributed by atoms with E-state index in [1.54, 1.807) is 0 Å². The van der Waals surface area contributed by atoms with Crippen LogP contribution < -0.4 is 4.72 Å². The maximum atomic E-state index is 11.9. The van der Waals surface area contributed by atoms with Crippen LogP contribution in [0.25, 0.3) is 0 Å². The molecule has 0 amide bonds. The fraction of sp³-hybridized carbons (Fsp3) is 0.333. The van der Waals surface area contributed by atoms with Gasteiger partial charge in [0.05, 0.1) is 10.9 Å². The molecule has 8 nitrogen and oxygen atoms in total. The first kappa shape index (κ1) is 17.0. The maximum absolute atomic E-state index is 11.9. The van der Waals surface area contributed by atoms with E-state index in [1.807, 2.05) is 4.72 Å². The van der Waals surface area contributed by atoms with Gasteiger partial charge in [0.15, 0.2) is 6.10 Å². The Balaban J connectivity index is 2.96. The number of carbonyl (C=O) groups is 2. The molecule has 11 heteroatoms. The van der Waals surface area contributed by atoms with Crippen molar-refractivity contribution in [3.8, 4) is 0 Å². The number of esters is 1. The first-order valence-corrected chi connectivity index (χ1v) is 8.06. The van der Waals surface area contributed by atoms with E-state index in [-0.39, 0.29) is 13.6 Å². The number of carboxylic acid groups (broad SMARTS) is 1. The molecule has 0 spiro atoms. The lowest BCUT2D eigenvalue weighted by Crippen LogP contribution is -2.36. The smallest absolute Gasteiger partial charge is 0.348 e. The van der Waals surface area contributed by atoms with Gasteiger partial charge in [0.1, 0.15) is 9.77 Å². The number of rotatable bonds is 6. The Bertz CT molecular complexity index is 624. The largest absolute Gasteiger partial charge is 0.479 e. The van der Waals surface area contributed by atoms with Gasteiger partial charge < -0.3 is 14.9 Å². The minimum Gasteiger partial charge on any atom is -0.479 e. The molecule has 0 aromatic carbocycles. The van der Waals surface area contributed by atoms with E-state index < -0.39 is 34.6 Å². The quantitative estimate of drug-likeness (QED) is 0.586. The highest BCUT2D eigenvalue weighted by atomic mass is 79.9. The lowest BCUT2D eigenvalue weighted by molar-refractivity contribution is -0.146. The first-order valence-electron chi connectivity index (χ1n) is 4.97. The molecule has 0 bridgehead atoms. The summed E-state index contributed by atoms with van der Waals surface area (Å²) in [6.07, 6.45) is -1.86. The number of thiophene rings is 1. The van der Waals surface area contributed by atoms with Crippen LogP contribution in [0.5, 0.6) is 0 Å². The molecule has 0 aliphatic heterocycles. The van der Waals surface area contributed by atoms with Crippen molar-refractivity contribution in [1.29, 1.82) is 0 Å². The molecule has 0 aliphatic carbocycles. The Morgan fingerprint density at radius 1 is 1.55 bits per heavy atom. The molecule has 3 N–H and O–H groups in total. The standard InChI is InChI=1S/C9H10BrNO7S2/c1-18-9(15)5-2-6(7(10)19-5)20(16,17)11-3-4(12)8(13)14/h2,4,11-12H,3H2,1H3,(H,13,14)/t4-/m0/s1. The first-order chi connectivity index (χ1) is 9.19. The molecule has 1 rings (SSSR count). The van der Waals surface area contributed by atoms with Crippen molar-refractivity contribution >= 4 is 49.2 Å². The summed E-state index contributed by atoms with van der Waals surface area (Å²) in [5.41, 5.74) is 0. The van der Waals surface area contributed by atoms with Crippen LogP contribution >= 0.6 is 27.3 Å². The van der Waals surface area contributed by atoms with E-state index in [4.69, 9.17) is 10.2 Å². The number of aliphatic carboxylic acids is 1. The van der Waals surface area contributed by atoms with Gasteiger partial charge in [-0.3, -0.25) is 0 Å². The monoisotopic (exact) mass is 387 g/mol. The van der Waals surface area contributed by atoms with E-state index in [9.17, 15) is 18.0 Å². The average Bonchev–Trinajstić information content (AvgIpc) is 2.77. The Morgan fingerprint density at radius 2 is 2.15 bits per heavy atom. The Hall–Kier alpha value is -1.01. The summed E-state index contributed by atoms with van der Waals surface area (Å²) in [6.45, 7) is -0.687.